The van der Waals surface area contributed by atoms with Gasteiger partial charge in [-0.2, -0.15) is 0 Å². The molecule has 1 aliphatic rings. The van der Waals surface area contributed by atoms with Crippen LogP contribution in [0.4, 0.5) is 0 Å². The fourth-order valence-corrected chi connectivity index (χ4v) is 5.92. The first-order valence-corrected chi connectivity index (χ1v) is 12.8. The van der Waals surface area contributed by atoms with E-state index in [1.165, 1.54) is 27.8 Å². The van der Waals surface area contributed by atoms with E-state index >= 15 is 0 Å². The minimum atomic E-state index is -0.0915. The Morgan fingerprint density at radius 2 is 1.81 bits per heavy atom. The van der Waals surface area contributed by atoms with Crippen molar-refractivity contribution in [2.24, 2.45) is 0 Å². The Balaban J connectivity index is 1.50. The molecule has 1 unspecified atom stereocenters. The van der Waals surface area contributed by atoms with E-state index in [4.69, 9.17) is 0 Å². The van der Waals surface area contributed by atoms with E-state index in [2.05, 4.69) is 30.5 Å². The number of thioether (sulfide) groups is 1. The lowest BCUT2D eigenvalue weighted by Crippen LogP contribution is -2.47. The average molecular weight is 465 g/mol. The number of carbonyl (C=O) groups excluding carboxylic acids is 2. The van der Waals surface area contributed by atoms with Gasteiger partial charge < -0.3 is 9.80 Å². The SMILES string of the molecule is CCN(CC(=O)N1CCc2sccc2C1c1ccccc1C)C(=O)CSc1ccccc1. The van der Waals surface area contributed by atoms with Crippen molar-refractivity contribution in [3.05, 3.63) is 87.6 Å². The Kier molecular flexibility index (Phi) is 7.33. The third-order valence-corrected chi connectivity index (χ3v) is 7.93. The summed E-state index contributed by atoms with van der Waals surface area (Å²) in [6.07, 6.45) is 0.866. The maximum Gasteiger partial charge on any atom is 0.242 e. The number of benzene rings is 2. The first-order valence-electron chi connectivity index (χ1n) is 11.0. The summed E-state index contributed by atoms with van der Waals surface area (Å²) >= 11 is 3.28. The van der Waals surface area contributed by atoms with Crippen LogP contribution in [0.15, 0.2) is 70.9 Å². The van der Waals surface area contributed by atoms with Crippen LogP contribution in [0.2, 0.25) is 0 Å². The van der Waals surface area contributed by atoms with Crippen molar-refractivity contribution in [1.29, 1.82) is 0 Å². The lowest BCUT2D eigenvalue weighted by molar-refractivity contribution is -0.140. The molecule has 4 rings (SSSR count). The van der Waals surface area contributed by atoms with E-state index in [9.17, 15) is 9.59 Å². The van der Waals surface area contributed by atoms with E-state index in [-0.39, 0.29) is 24.4 Å². The first-order chi connectivity index (χ1) is 15.6. The molecule has 2 heterocycles. The summed E-state index contributed by atoms with van der Waals surface area (Å²) in [5, 5.41) is 2.12. The predicted octanol–water partition coefficient (Wildman–Crippen LogP) is 5.17. The van der Waals surface area contributed by atoms with E-state index in [0.29, 0.717) is 18.8 Å². The number of aryl methyl sites for hydroxylation is 1. The van der Waals surface area contributed by atoms with Crippen molar-refractivity contribution < 1.29 is 9.59 Å². The summed E-state index contributed by atoms with van der Waals surface area (Å²) in [7, 11) is 0. The Morgan fingerprint density at radius 3 is 2.56 bits per heavy atom. The molecule has 0 aliphatic carbocycles. The van der Waals surface area contributed by atoms with E-state index in [1.807, 2.05) is 54.3 Å². The maximum atomic E-state index is 13.5. The summed E-state index contributed by atoms with van der Waals surface area (Å²) in [6.45, 7) is 5.35. The second-order valence-corrected chi connectivity index (χ2v) is 9.95. The number of thiophene rings is 1. The molecule has 1 aliphatic heterocycles. The minimum absolute atomic E-state index is 0.00428. The fourth-order valence-electron chi connectivity index (χ4n) is 4.20. The monoisotopic (exact) mass is 464 g/mol. The molecule has 2 amide bonds. The van der Waals surface area contributed by atoms with Gasteiger partial charge in [0.1, 0.15) is 0 Å². The molecule has 0 N–H and O–H groups in total. The zero-order valence-electron chi connectivity index (χ0n) is 18.5. The van der Waals surface area contributed by atoms with Crippen molar-refractivity contribution in [3.63, 3.8) is 0 Å². The van der Waals surface area contributed by atoms with Gasteiger partial charge in [-0.3, -0.25) is 9.59 Å². The van der Waals surface area contributed by atoms with Crippen LogP contribution in [0.1, 0.15) is 34.5 Å². The van der Waals surface area contributed by atoms with Gasteiger partial charge in [0, 0.05) is 22.9 Å². The normalized spacial score (nSPS) is 15.3. The Hall–Kier alpha value is -2.57. The Bertz CT molecular complexity index is 1080. The number of amides is 2. The number of fused-ring (bicyclic) bond motifs is 1. The van der Waals surface area contributed by atoms with E-state index in [0.717, 1.165) is 16.9 Å². The number of carbonyl (C=O) groups is 2. The number of hydrogen-bond donors (Lipinski definition) is 0. The van der Waals surface area contributed by atoms with Gasteiger partial charge >= 0.3 is 0 Å². The minimum Gasteiger partial charge on any atom is -0.333 e. The highest BCUT2D eigenvalue weighted by molar-refractivity contribution is 8.00. The number of nitrogens with zero attached hydrogens (tertiary/aromatic N) is 2. The molecule has 0 spiro atoms. The quantitative estimate of drug-likeness (QED) is 0.453. The standard InChI is InChI=1S/C26H28N2O2S2/c1-3-27(25(30)18-32-20-10-5-4-6-11-20)17-24(29)28-15-13-23-22(14-16-31-23)26(28)21-12-8-7-9-19(21)2/h4-12,14,16,26H,3,13,15,17-18H2,1-2H3. The van der Waals surface area contributed by atoms with Gasteiger partial charge in [-0.25, -0.2) is 0 Å². The van der Waals surface area contributed by atoms with Crippen LogP contribution in [0.25, 0.3) is 0 Å². The summed E-state index contributed by atoms with van der Waals surface area (Å²) < 4.78 is 0. The Labute approximate surface area is 198 Å². The van der Waals surface area contributed by atoms with Crippen LogP contribution in [-0.4, -0.2) is 47.0 Å². The topological polar surface area (TPSA) is 40.6 Å². The lowest BCUT2D eigenvalue weighted by Gasteiger charge is -2.38. The highest BCUT2D eigenvalue weighted by Crippen LogP contribution is 2.39. The maximum absolute atomic E-state index is 13.5. The van der Waals surface area contributed by atoms with Gasteiger partial charge in [-0.15, -0.1) is 23.1 Å². The van der Waals surface area contributed by atoms with Crippen LogP contribution in [0.3, 0.4) is 0 Å². The summed E-state index contributed by atoms with van der Waals surface area (Å²) in [5.74, 6) is 0.339. The molecule has 6 heteroatoms. The molecule has 32 heavy (non-hydrogen) atoms. The predicted molar refractivity (Wildman–Crippen MR) is 132 cm³/mol. The van der Waals surface area contributed by atoms with Crippen LogP contribution in [-0.2, 0) is 16.0 Å². The zero-order chi connectivity index (χ0) is 22.5. The molecule has 0 fully saturated rings. The van der Waals surface area contributed by atoms with Crippen LogP contribution in [0, 0.1) is 6.92 Å². The third-order valence-electron chi connectivity index (χ3n) is 5.94. The average Bonchev–Trinajstić information content (AvgIpc) is 3.30. The Morgan fingerprint density at radius 1 is 1.06 bits per heavy atom. The molecule has 0 saturated heterocycles. The third kappa shape index (κ3) is 4.92. The van der Waals surface area contributed by atoms with Gasteiger partial charge in [0.25, 0.3) is 0 Å². The molecular weight excluding hydrogens is 436 g/mol. The molecule has 2 aromatic carbocycles. The van der Waals surface area contributed by atoms with Crippen molar-refractivity contribution in [3.8, 4) is 0 Å². The molecule has 1 atom stereocenters. The zero-order valence-corrected chi connectivity index (χ0v) is 20.1. The summed E-state index contributed by atoms with van der Waals surface area (Å²) in [6, 6.07) is 20.2. The van der Waals surface area contributed by atoms with Crippen molar-refractivity contribution in [2.45, 2.75) is 31.2 Å². The highest BCUT2D eigenvalue weighted by Gasteiger charge is 2.34. The molecule has 1 aromatic heterocycles. The smallest absolute Gasteiger partial charge is 0.242 e. The number of rotatable bonds is 7. The fraction of sp³-hybridized carbons (Fsp3) is 0.308. The molecule has 3 aromatic rings. The van der Waals surface area contributed by atoms with Gasteiger partial charge in [0.05, 0.1) is 18.3 Å². The van der Waals surface area contributed by atoms with Crippen molar-refractivity contribution in [1.82, 2.24) is 9.80 Å². The van der Waals surface area contributed by atoms with Crippen LogP contribution < -0.4 is 0 Å². The van der Waals surface area contributed by atoms with E-state index in [1.54, 1.807) is 16.2 Å². The number of likely N-dealkylation sites (N-methyl/N-ethyl adjacent to an activating group) is 1. The summed E-state index contributed by atoms with van der Waals surface area (Å²) in [5.41, 5.74) is 3.56. The lowest BCUT2D eigenvalue weighted by atomic mass is 9.90. The van der Waals surface area contributed by atoms with Gasteiger partial charge in [-0.05, 0) is 60.5 Å². The van der Waals surface area contributed by atoms with Gasteiger partial charge in [0.2, 0.25) is 11.8 Å². The van der Waals surface area contributed by atoms with Gasteiger partial charge in [-0.1, -0.05) is 42.5 Å². The first kappa shape index (κ1) is 22.6. The van der Waals surface area contributed by atoms with E-state index < -0.39 is 0 Å². The highest BCUT2D eigenvalue weighted by atomic mass is 32.2. The van der Waals surface area contributed by atoms with Crippen LogP contribution >= 0.6 is 23.1 Å². The molecular formula is C26H28N2O2S2. The second-order valence-electron chi connectivity index (χ2n) is 7.91. The van der Waals surface area contributed by atoms with Gasteiger partial charge in [0.15, 0.2) is 0 Å². The largest absolute Gasteiger partial charge is 0.333 e. The second kappa shape index (κ2) is 10.4. The molecule has 0 bridgehead atoms. The molecule has 4 nitrogen and oxygen atoms in total. The van der Waals surface area contributed by atoms with Crippen LogP contribution in [0.5, 0.6) is 0 Å². The molecule has 166 valence electrons. The number of hydrogen-bond acceptors (Lipinski definition) is 4. The molecule has 0 radical (unpaired) electrons. The molecule has 0 saturated carbocycles. The van der Waals surface area contributed by atoms with Crippen molar-refractivity contribution >= 4 is 34.9 Å². The summed E-state index contributed by atoms with van der Waals surface area (Å²) in [4.78, 5) is 32.4. The van der Waals surface area contributed by atoms with Crippen molar-refractivity contribution in [2.75, 3.05) is 25.4 Å².